The first-order valence-electron chi connectivity index (χ1n) is 6.41. The Morgan fingerprint density at radius 2 is 2.00 bits per heavy atom. The fourth-order valence-electron chi connectivity index (χ4n) is 0.918. The second-order valence-electron chi connectivity index (χ2n) is 2.63. The Balaban J connectivity index is 3.11. The van der Waals surface area contributed by atoms with Gasteiger partial charge in [0.1, 0.15) is 0 Å². The van der Waals surface area contributed by atoms with Crippen LogP contribution in [0.3, 0.4) is 0 Å². The molecule has 0 aromatic heterocycles. The number of hydrogen-bond donors (Lipinski definition) is 1. The number of nitrogens with two attached hydrogens (primary N) is 1. The van der Waals surface area contributed by atoms with Gasteiger partial charge in [-0.1, -0.05) is 30.3 Å². The van der Waals surface area contributed by atoms with E-state index in [0.717, 1.165) is 0 Å². The van der Waals surface area contributed by atoms with Gasteiger partial charge in [-0.3, -0.25) is 0 Å². The van der Waals surface area contributed by atoms with Gasteiger partial charge in [-0.25, -0.2) is 0 Å². The molecular weight excluding hydrogens is 134 g/mol. The minimum atomic E-state index is -2.74. The maximum Gasteiger partial charge on any atom is 0.0249 e. The highest BCUT2D eigenvalue weighted by molar-refractivity contribution is 5.16. The second kappa shape index (κ2) is 3.05. The third-order valence-electron chi connectivity index (χ3n) is 1.33. The quantitative estimate of drug-likeness (QED) is 0.694. The first kappa shape index (κ1) is 3.28. The zero-order valence-electron chi connectivity index (χ0n) is 12.2. The van der Waals surface area contributed by atoms with Crippen molar-refractivity contribution in [2.75, 3.05) is 0 Å². The van der Waals surface area contributed by atoms with Crippen molar-refractivity contribution in [3.05, 3.63) is 35.9 Å². The Kier molecular flexibility index (Phi) is 0.910. The molecule has 0 radical (unpaired) electrons. The highest BCUT2D eigenvalue weighted by atomic mass is 14.7. The predicted octanol–water partition coefficient (Wildman–Crippen LogP) is 1.97. The van der Waals surface area contributed by atoms with Gasteiger partial charge in [-0.2, -0.15) is 0 Å². The third kappa shape index (κ3) is 3.19. The molecule has 1 heteroatoms. The topological polar surface area (TPSA) is 26.0 Å². The summed E-state index contributed by atoms with van der Waals surface area (Å²) in [6, 6.07) is 8.54. The van der Waals surface area contributed by atoms with E-state index in [2.05, 4.69) is 0 Å². The Labute approximate surface area is 76.7 Å². The molecule has 60 valence electrons. The number of benzene rings is 1. The number of rotatable bonds is 2. The number of hydrogen-bond acceptors (Lipinski definition) is 1. The highest BCUT2D eigenvalue weighted by Gasteiger charge is 2.10. The molecule has 0 aliphatic rings. The van der Waals surface area contributed by atoms with Gasteiger partial charge in [0.05, 0.1) is 0 Å². The molecule has 0 bridgehead atoms. The molecule has 1 rings (SSSR count). The minimum Gasteiger partial charge on any atom is -0.325 e. The van der Waals surface area contributed by atoms with Crippen molar-refractivity contribution in [2.45, 2.75) is 25.7 Å². The van der Waals surface area contributed by atoms with Gasteiger partial charge >= 0.3 is 0 Å². The smallest absolute Gasteiger partial charge is 0.0249 e. The van der Waals surface area contributed by atoms with Gasteiger partial charge in [-0.15, -0.1) is 0 Å². The lowest BCUT2D eigenvalue weighted by Crippen LogP contribution is -2.34. The Morgan fingerprint density at radius 1 is 1.36 bits per heavy atom. The summed E-state index contributed by atoms with van der Waals surface area (Å²) in [5, 5.41) is 0. The van der Waals surface area contributed by atoms with Gasteiger partial charge in [0.2, 0.25) is 0 Å². The SMILES string of the molecule is [2H]C([2H])([2H])C(N)(Cc1ccccc1)C([2H])([2H])[2H]. The Hall–Kier alpha value is -0.820. The summed E-state index contributed by atoms with van der Waals surface area (Å²) in [6.45, 7) is -5.48. The molecule has 1 aromatic carbocycles. The van der Waals surface area contributed by atoms with Crippen molar-refractivity contribution in [1.29, 1.82) is 0 Å². The fraction of sp³-hybridized carbons (Fsp3) is 0.400. The molecule has 1 nitrogen and oxygen atoms in total. The zero-order valence-corrected chi connectivity index (χ0v) is 6.17. The molecule has 0 aliphatic heterocycles. The molecule has 0 amide bonds. The van der Waals surface area contributed by atoms with E-state index in [4.69, 9.17) is 14.0 Å². The maximum absolute atomic E-state index is 7.34. The average Bonchev–Trinajstić information content (AvgIpc) is 2.15. The summed E-state index contributed by atoms with van der Waals surface area (Å²) in [6.07, 6.45) is -0.208. The van der Waals surface area contributed by atoms with E-state index in [1.165, 1.54) is 0 Å². The van der Waals surface area contributed by atoms with Crippen LogP contribution in [0.1, 0.15) is 27.5 Å². The summed E-state index contributed by atoms with van der Waals surface area (Å²) >= 11 is 0. The van der Waals surface area contributed by atoms with Gasteiger partial charge in [-0.05, 0) is 25.7 Å². The molecule has 0 aliphatic carbocycles. The Morgan fingerprint density at radius 3 is 2.55 bits per heavy atom. The van der Waals surface area contributed by atoms with Crippen LogP contribution >= 0.6 is 0 Å². The van der Waals surface area contributed by atoms with Gasteiger partial charge < -0.3 is 5.73 Å². The lowest BCUT2D eigenvalue weighted by atomic mass is 9.96. The summed E-state index contributed by atoms with van der Waals surface area (Å²) in [7, 11) is 0. The van der Waals surface area contributed by atoms with E-state index in [9.17, 15) is 0 Å². The summed E-state index contributed by atoms with van der Waals surface area (Å²) < 4.78 is 44.0. The van der Waals surface area contributed by atoms with Crippen LogP contribution in [0.2, 0.25) is 0 Å². The molecule has 0 atom stereocenters. The molecule has 11 heavy (non-hydrogen) atoms. The van der Waals surface area contributed by atoms with Crippen molar-refractivity contribution in [1.82, 2.24) is 0 Å². The summed E-state index contributed by atoms with van der Waals surface area (Å²) in [5.74, 6) is 0. The van der Waals surface area contributed by atoms with Crippen LogP contribution in [-0.4, -0.2) is 5.54 Å². The summed E-state index contributed by atoms with van der Waals surface area (Å²) in [4.78, 5) is 0. The lowest BCUT2D eigenvalue weighted by molar-refractivity contribution is 0.517. The molecule has 0 heterocycles. The monoisotopic (exact) mass is 155 g/mol. The largest absolute Gasteiger partial charge is 0.325 e. The van der Waals surface area contributed by atoms with E-state index in [1.807, 2.05) is 0 Å². The highest BCUT2D eigenvalue weighted by Crippen LogP contribution is 2.08. The molecule has 0 spiro atoms. The fourth-order valence-corrected chi connectivity index (χ4v) is 0.918. The average molecular weight is 155 g/mol. The molecule has 0 fully saturated rings. The summed E-state index contributed by atoms with van der Waals surface area (Å²) in [5.41, 5.74) is 4.04. The van der Waals surface area contributed by atoms with Gasteiger partial charge in [0.25, 0.3) is 0 Å². The van der Waals surface area contributed by atoms with E-state index >= 15 is 0 Å². The van der Waals surface area contributed by atoms with E-state index in [1.54, 1.807) is 30.3 Å². The van der Waals surface area contributed by atoms with Crippen molar-refractivity contribution in [2.24, 2.45) is 5.73 Å². The van der Waals surface area contributed by atoms with Crippen molar-refractivity contribution < 1.29 is 8.22 Å². The van der Waals surface area contributed by atoms with Crippen LogP contribution in [0, 0.1) is 0 Å². The third-order valence-corrected chi connectivity index (χ3v) is 1.33. The van der Waals surface area contributed by atoms with E-state index in [-0.39, 0.29) is 6.42 Å². The maximum atomic E-state index is 7.34. The molecular formula is C10H15N. The van der Waals surface area contributed by atoms with Crippen LogP contribution in [0.5, 0.6) is 0 Å². The second-order valence-corrected chi connectivity index (χ2v) is 2.63. The van der Waals surface area contributed by atoms with Gasteiger partial charge in [0, 0.05) is 13.8 Å². The predicted molar refractivity (Wildman–Crippen MR) is 48.4 cm³/mol. The molecule has 0 unspecified atom stereocenters. The van der Waals surface area contributed by atoms with Gasteiger partial charge in [0.15, 0.2) is 0 Å². The lowest BCUT2D eigenvalue weighted by Gasteiger charge is -2.17. The molecule has 2 N–H and O–H groups in total. The van der Waals surface area contributed by atoms with Crippen LogP contribution in [0.4, 0.5) is 0 Å². The van der Waals surface area contributed by atoms with Crippen molar-refractivity contribution in [3.63, 3.8) is 0 Å². The van der Waals surface area contributed by atoms with E-state index in [0.29, 0.717) is 5.56 Å². The first-order chi connectivity index (χ1) is 7.58. The molecule has 1 aromatic rings. The standard InChI is InChI=1S/C10H15N/c1-10(2,11)8-9-6-4-3-5-7-9/h3-7H,8,11H2,1-2H3/i1D3,2D3. The van der Waals surface area contributed by atoms with Crippen LogP contribution in [0.15, 0.2) is 30.3 Å². The molecule has 0 saturated heterocycles. The van der Waals surface area contributed by atoms with Crippen LogP contribution in [-0.2, 0) is 6.42 Å². The van der Waals surface area contributed by atoms with Crippen LogP contribution < -0.4 is 5.73 Å². The Bertz CT molecular complexity index is 353. The zero-order chi connectivity index (χ0) is 13.3. The minimum absolute atomic E-state index is 0.208. The van der Waals surface area contributed by atoms with Crippen molar-refractivity contribution >= 4 is 0 Å². The molecule has 0 saturated carbocycles. The normalized spacial score (nSPS) is 21.9. The first-order valence-corrected chi connectivity index (χ1v) is 3.41. The van der Waals surface area contributed by atoms with Crippen molar-refractivity contribution in [3.8, 4) is 0 Å². The van der Waals surface area contributed by atoms with E-state index < -0.39 is 19.2 Å². The van der Waals surface area contributed by atoms with Crippen LogP contribution in [0.25, 0.3) is 0 Å².